The first-order chi connectivity index (χ1) is 7.15. The van der Waals surface area contributed by atoms with Crippen LogP contribution in [0.3, 0.4) is 0 Å². The van der Waals surface area contributed by atoms with Crippen LogP contribution in [0.1, 0.15) is 26.7 Å². The summed E-state index contributed by atoms with van der Waals surface area (Å²) in [6.07, 6.45) is 2.83. The maximum atomic E-state index is 5.24. The Balaban J connectivity index is 1.91. The number of methoxy groups -OCH3 is 1. The normalized spacial score (nSPS) is 35.4. The minimum absolute atomic E-state index is 0.361. The summed E-state index contributed by atoms with van der Waals surface area (Å²) in [5.74, 6) is 0.912. The summed E-state index contributed by atoms with van der Waals surface area (Å²) < 4.78 is 5.24. The van der Waals surface area contributed by atoms with Gasteiger partial charge in [0.05, 0.1) is 6.61 Å². The van der Waals surface area contributed by atoms with Crippen LogP contribution in [0.2, 0.25) is 0 Å². The van der Waals surface area contributed by atoms with Gasteiger partial charge < -0.3 is 10.1 Å². The van der Waals surface area contributed by atoms with Crippen molar-refractivity contribution < 1.29 is 4.74 Å². The first-order valence-electron chi connectivity index (χ1n) is 6.14. The number of nitrogens with one attached hydrogen (secondary N) is 1. The van der Waals surface area contributed by atoms with Gasteiger partial charge in [-0.3, -0.25) is 4.90 Å². The van der Waals surface area contributed by atoms with E-state index in [1.54, 1.807) is 7.11 Å². The van der Waals surface area contributed by atoms with Crippen molar-refractivity contribution in [3.8, 4) is 0 Å². The van der Waals surface area contributed by atoms with Crippen molar-refractivity contribution in [2.24, 2.45) is 5.92 Å². The monoisotopic (exact) mass is 212 g/mol. The van der Waals surface area contributed by atoms with Gasteiger partial charge in [-0.2, -0.15) is 0 Å². The van der Waals surface area contributed by atoms with E-state index in [0.717, 1.165) is 25.6 Å². The zero-order valence-corrected chi connectivity index (χ0v) is 10.3. The molecule has 3 nitrogen and oxygen atoms in total. The van der Waals surface area contributed by atoms with Crippen molar-refractivity contribution in [3.63, 3.8) is 0 Å². The molecule has 1 aliphatic heterocycles. The van der Waals surface area contributed by atoms with Gasteiger partial charge in [0.2, 0.25) is 0 Å². The third-order valence-corrected chi connectivity index (χ3v) is 3.97. The van der Waals surface area contributed by atoms with E-state index in [0.29, 0.717) is 11.6 Å². The molecule has 88 valence electrons. The van der Waals surface area contributed by atoms with E-state index >= 15 is 0 Å². The molecule has 3 heteroatoms. The molecule has 0 amide bonds. The molecule has 0 radical (unpaired) electrons. The van der Waals surface area contributed by atoms with Crippen molar-refractivity contribution in [2.45, 2.75) is 38.3 Å². The summed E-state index contributed by atoms with van der Waals surface area (Å²) in [6.45, 7) is 8.97. The van der Waals surface area contributed by atoms with Crippen LogP contribution >= 0.6 is 0 Å². The van der Waals surface area contributed by atoms with Gasteiger partial charge in [-0.05, 0) is 32.6 Å². The largest absolute Gasteiger partial charge is 0.383 e. The Morgan fingerprint density at radius 2 is 2.27 bits per heavy atom. The Morgan fingerprint density at radius 1 is 1.53 bits per heavy atom. The molecule has 2 fully saturated rings. The van der Waals surface area contributed by atoms with E-state index in [4.69, 9.17) is 4.74 Å². The standard InChI is InChI=1S/C12H24N2O/c1-10(8-15-3)14-7-6-13-12(2,9-14)11-4-5-11/h10-11,13H,4-9H2,1-3H3. The van der Waals surface area contributed by atoms with Gasteiger partial charge in [-0.1, -0.05) is 0 Å². The molecule has 1 saturated heterocycles. The van der Waals surface area contributed by atoms with Crippen LogP contribution in [0, 0.1) is 5.92 Å². The van der Waals surface area contributed by atoms with Gasteiger partial charge >= 0.3 is 0 Å². The molecule has 0 spiro atoms. The second-order valence-electron chi connectivity index (χ2n) is 5.39. The topological polar surface area (TPSA) is 24.5 Å². The van der Waals surface area contributed by atoms with Gasteiger partial charge in [-0.25, -0.2) is 0 Å². The van der Waals surface area contributed by atoms with Gasteiger partial charge in [0.1, 0.15) is 0 Å². The molecule has 1 N–H and O–H groups in total. The Bertz CT molecular complexity index is 218. The molecule has 0 aromatic carbocycles. The summed E-state index contributed by atoms with van der Waals surface area (Å²) in [6, 6.07) is 0.551. The lowest BCUT2D eigenvalue weighted by Gasteiger charge is -2.44. The van der Waals surface area contributed by atoms with Gasteiger partial charge in [0, 0.05) is 38.3 Å². The lowest BCUT2D eigenvalue weighted by atomic mass is 9.92. The Hall–Kier alpha value is -0.120. The van der Waals surface area contributed by atoms with Gasteiger partial charge in [0.25, 0.3) is 0 Å². The zero-order chi connectivity index (χ0) is 10.9. The third kappa shape index (κ3) is 2.52. The molecule has 1 heterocycles. The number of piperazine rings is 1. The number of ether oxygens (including phenoxy) is 1. The molecular formula is C12H24N2O. The number of nitrogens with zero attached hydrogens (tertiary/aromatic N) is 1. The SMILES string of the molecule is COCC(C)N1CCNC(C)(C2CC2)C1. The molecule has 1 aliphatic carbocycles. The maximum Gasteiger partial charge on any atom is 0.0615 e. The van der Waals surface area contributed by atoms with E-state index in [1.807, 2.05) is 0 Å². The molecule has 15 heavy (non-hydrogen) atoms. The second-order valence-corrected chi connectivity index (χ2v) is 5.39. The van der Waals surface area contributed by atoms with E-state index in [9.17, 15) is 0 Å². The lowest BCUT2D eigenvalue weighted by Crippen LogP contribution is -2.62. The first-order valence-corrected chi connectivity index (χ1v) is 6.14. The summed E-state index contributed by atoms with van der Waals surface area (Å²) in [4.78, 5) is 2.57. The van der Waals surface area contributed by atoms with Crippen LogP contribution in [-0.2, 0) is 4.74 Å². The smallest absolute Gasteiger partial charge is 0.0615 e. The molecule has 2 aliphatic rings. The average molecular weight is 212 g/mol. The fourth-order valence-electron chi connectivity index (χ4n) is 2.76. The summed E-state index contributed by atoms with van der Waals surface area (Å²) in [7, 11) is 1.79. The second kappa shape index (κ2) is 4.40. The van der Waals surface area contributed by atoms with E-state index in [1.165, 1.54) is 19.4 Å². The highest BCUT2D eigenvalue weighted by Crippen LogP contribution is 2.40. The predicted molar refractivity (Wildman–Crippen MR) is 62.0 cm³/mol. The molecule has 2 atom stereocenters. The molecule has 0 aromatic heterocycles. The molecule has 2 unspecified atom stereocenters. The fraction of sp³-hybridized carbons (Fsp3) is 1.00. The molecule has 2 rings (SSSR count). The summed E-state index contributed by atoms with van der Waals surface area (Å²) in [5.41, 5.74) is 0.361. The minimum atomic E-state index is 0.361. The minimum Gasteiger partial charge on any atom is -0.383 e. The quantitative estimate of drug-likeness (QED) is 0.755. The van der Waals surface area contributed by atoms with Crippen LogP contribution in [0.4, 0.5) is 0 Å². The van der Waals surface area contributed by atoms with Gasteiger partial charge in [-0.15, -0.1) is 0 Å². The summed E-state index contributed by atoms with van der Waals surface area (Å²) in [5, 5.41) is 3.70. The average Bonchev–Trinajstić information content (AvgIpc) is 3.01. The Labute approximate surface area is 93.2 Å². The van der Waals surface area contributed by atoms with Crippen molar-refractivity contribution in [2.75, 3.05) is 33.4 Å². The highest BCUT2D eigenvalue weighted by molar-refractivity contribution is 5.02. The number of rotatable bonds is 4. The molecule has 1 saturated carbocycles. The predicted octanol–water partition coefficient (Wildman–Crippen LogP) is 1.10. The molecular weight excluding hydrogens is 188 g/mol. The van der Waals surface area contributed by atoms with Crippen LogP contribution < -0.4 is 5.32 Å². The van der Waals surface area contributed by atoms with E-state index in [-0.39, 0.29) is 0 Å². The Kier molecular flexibility index (Phi) is 3.33. The Morgan fingerprint density at radius 3 is 2.87 bits per heavy atom. The fourth-order valence-corrected chi connectivity index (χ4v) is 2.76. The van der Waals surface area contributed by atoms with Crippen molar-refractivity contribution in [3.05, 3.63) is 0 Å². The summed E-state index contributed by atoms with van der Waals surface area (Å²) >= 11 is 0. The van der Waals surface area contributed by atoms with Crippen LogP contribution in [0.5, 0.6) is 0 Å². The highest BCUT2D eigenvalue weighted by Gasteiger charge is 2.44. The molecule has 0 aromatic rings. The third-order valence-electron chi connectivity index (χ3n) is 3.97. The number of hydrogen-bond donors (Lipinski definition) is 1. The maximum absolute atomic E-state index is 5.24. The van der Waals surface area contributed by atoms with Crippen LogP contribution in [-0.4, -0.2) is 49.8 Å². The van der Waals surface area contributed by atoms with Crippen molar-refractivity contribution in [1.29, 1.82) is 0 Å². The van der Waals surface area contributed by atoms with E-state index < -0.39 is 0 Å². The zero-order valence-electron chi connectivity index (χ0n) is 10.3. The van der Waals surface area contributed by atoms with Crippen LogP contribution in [0.15, 0.2) is 0 Å². The van der Waals surface area contributed by atoms with E-state index in [2.05, 4.69) is 24.1 Å². The molecule has 0 bridgehead atoms. The van der Waals surface area contributed by atoms with Crippen molar-refractivity contribution >= 4 is 0 Å². The van der Waals surface area contributed by atoms with Crippen LogP contribution in [0.25, 0.3) is 0 Å². The van der Waals surface area contributed by atoms with Crippen molar-refractivity contribution in [1.82, 2.24) is 10.2 Å². The lowest BCUT2D eigenvalue weighted by molar-refractivity contribution is 0.0506. The number of hydrogen-bond acceptors (Lipinski definition) is 3. The highest BCUT2D eigenvalue weighted by atomic mass is 16.5. The first kappa shape index (κ1) is 11.4. The van der Waals surface area contributed by atoms with Gasteiger partial charge in [0.15, 0.2) is 0 Å².